The summed E-state index contributed by atoms with van der Waals surface area (Å²) in [5.41, 5.74) is 1.61. The number of rotatable bonds is 4. The Bertz CT molecular complexity index is 799. The normalized spacial score (nSPS) is 10.6. The second kappa shape index (κ2) is 6.34. The van der Waals surface area contributed by atoms with E-state index >= 15 is 0 Å². The number of anilines is 1. The van der Waals surface area contributed by atoms with E-state index in [1.807, 2.05) is 24.3 Å². The van der Waals surface area contributed by atoms with E-state index in [0.717, 1.165) is 15.2 Å². The summed E-state index contributed by atoms with van der Waals surface area (Å²) in [4.78, 5) is 15.5. The lowest BCUT2D eigenvalue weighted by Gasteiger charge is -2.08. The molecule has 0 aliphatic heterocycles. The Kier molecular flexibility index (Phi) is 4.27. The maximum absolute atomic E-state index is 11.0. The van der Waals surface area contributed by atoms with Gasteiger partial charge in [-0.15, -0.1) is 11.3 Å². The Hall–Kier alpha value is -2.11. The van der Waals surface area contributed by atoms with Gasteiger partial charge in [-0.1, -0.05) is 23.7 Å². The summed E-state index contributed by atoms with van der Waals surface area (Å²) in [6.07, 6.45) is 0. The average Bonchev–Trinajstić information content (AvgIpc) is 2.88. The summed E-state index contributed by atoms with van der Waals surface area (Å²) >= 11 is 7.76. The van der Waals surface area contributed by atoms with Crippen LogP contribution >= 0.6 is 22.9 Å². The number of para-hydroxylation sites is 1. The minimum atomic E-state index is -0.140. The van der Waals surface area contributed by atoms with Crippen LogP contribution in [0.2, 0.25) is 5.02 Å². The molecule has 0 aliphatic carbocycles. The van der Waals surface area contributed by atoms with E-state index in [4.69, 9.17) is 16.3 Å². The molecule has 1 N–H and O–H groups in total. The molecule has 0 saturated carbocycles. The van der Waals surface area contributed by atoms with Gasteiger partial charge in [0.05, 0.1) is 15.2 Å². The first kappa shape index (κ1) is 14.8. The van der Waals surface area contributed by atoms with Crippen LogP contribution in [0.3, 0.4) is 0 Å². The predicted molar refractivity (Wildman–Crippen MR) is 89.7 cm³/mol. The summed E-state index contributed by atoms with van der Waals surface area (Å²) in [5, 5.41) is 4.02. The van der Waals surface area contributed by atoms with Gasteiger partial charge in [-0.25, -0.2) is 4.98 Å². The molecule has 0 fully saturated rings. The molecule has 0 unspecified atom stereocenters. The van der Waals surface area contributed by atoms with Crippen molar-refractivity contribution in [2.45, 2.75) is 13.5 Å². The third-order valence-corrected chi connectivity index (χ3v) is 4.25. The molecule has 4 nitrogen and oxygen atoms in total. The number of benzene rings is 2. The molecule has 1 heterocycles. The van der Waals surface area contributed by atoms with Gasteiger partial charge in [0.2, 0.25) is 5.91 Å². The van der Waals surface area contributed by atoms with Crippen molar-refractivity contribution in [2.24, 2.45) is 0 Å². The quantitative estimate of drug-likeness (QED) is 0.766. The standard InChI is InChI=1S/C16H13ClN2O2S/c1-10(20)18-11-6-7-14(12(17)8-11)21-9-16-19-13-4-2-3-5-15(13)22-16/h2-8H,9H2,1H3,(H,18,20). The lowest BCUT2D eigenvalue weighted by Crippen LogP contribution is -2.05. The van der Waals surface area contributed by atoms with Gasteiger partial charge < -0.3 is 10.1 Å². The fourth-order valence-corrected chi connectivity index (χ4v) is 3.14. The van der Waals surface area contributed by atoms with Gasteiger partial charge in [0.15, 0.2) is 0 Å². The molecule has 6 heteroatoms. The molecule has 0 bridgehead atoms. The van der Waals surface area contributed by atoms with Gasteiger partial charge in [-0.3, -0.25) is 4.79 Å². The number of halogens is 1. The minimum Gasteiger partial charge on any atom is -0.485 e. The first-order valence-electron chi connectivity index (χ1n) is 6.66. The zero-order valence-electron chi connectivity index (χ0n) is 11.8. The van der Waals surface area contributed by atoms with Gasteiger partial charge in [-0.2, -0.15) is 0 Å². The van der Waals surface area contributed by atoms with Crippen molar-refractivity contribution >= 4 is 44.7 Å². The largest absolute Gasteiger partial charge is 0.485 e. The molecule has 112 valence electrons. The SMILES string of the molecule is CC(=O)Nc1ccc(OCc2nc3ccccc3s2)c(Cl)c1. The van der Waals surface area contributed by atoms with Crippen LogP contribution in [0.4, 0.5) is 5.69 Å². The zero-order valence-corrected chi connectivity index (χ0v) is 13.4. The zero-order chi connectivity index (χ0) is 15.5. The lowest BCUT2D eigenvalue weighted by atomic mass is 10.3. The smallest absolute Gasteiger partial charge is 0.221 e. The Morgan fingerprint density at radius 1 is 1.32 bits per heavy atom. The number of carbonyl (C=O) groups is 1. The molecule has 0 aliphatic rings. The van der Waals surface area contributed by atoms with Crippen molar-refractivity contribution < 1.29 is 9.53 Å². The Morgan fingerprint density at radius 2 is 2.14 bits per heavy atom. The second-order valence-corrected chi connectivity index (χ2v) is 6.21. The number of hydrogen-bond acceptors (Lipinski definition) is 4. The topological polar surface area (TPSA) is 51.2 Å². The summed E-state index contributed by atoms with van der Waals surface area (Å²) < 4.78 is 6.85. The Labute approximate surface area is 136 Å². The molecule has 0 saturated heterocycles. The van der Waals surface area contributed by atoms with Gasteiger partial charge in [0.25, 0.3) is 0 Å². The third kappa shape index (κ3) is 3.37. The van der Waals surface area contributed by atoms with E-state index in [-0.39, 0.29) is 5.91 Å². The van der Waals surface area contributed by atoms with Gasteiger partial charge in [0, 0.05) is 12.6 Å². The van der Waals surface area contributed by atoms with Crippen molar-refractivity contribution in [3.63, 3.8) is 0 Å². The predicted octanol–water partition coefficient (Wildman–Crippen LogP) is 4.49. The van der Waals surface area contributed by atoms with Crippen LogP contribution in [0.15, 0.2) is 42.5 Å². The number of aromatic nitrogens is 1. The first-order valence-corrected chi connectivity index (χ1v) is 7.85. The fraction of sp³-hybridized carbons (Fsp3) is 0.125. The van der Waals surface area contributed by atoms with Crippen molar-refractivity contribution in [1.82, 2.24) is 4.98 Å². The van der Waals surface area contributed by atoms with Crippen LogP contribution in [0.1, 0.15) is 11.9 Å². The van der Waals surface area contributed by atoms with E-state index in [9.17, 15) is 4.79 Å². The van der Waals surface area contributed by atoms with Crippen LogP contribution in [-0.4, -0.2) is 10.9 Å². The fourth-order valence-electron chi connectivity index (χ4n) is 2.02. The van der Waals surface area contributed by atoms with Crippen LogP contribution in [0.5, 0.6) is 5.75 Å². The van der Waals surface area contributed by atoms with E-state index in [2.05, 4.69) is 10.3 Å². The van der Waals surface area contributed by atoms with Crippen LogP contribution in [0, 0.1) is 0 Å². The Morgan fingerprint density at radius 3 is 2.86 bits per heavy atom. The highest BCUT2D eigenvalue weighted by molar-refractivity contribution is 7.18. The number of carbonyl (C=O) groups excluding carboxylic acids is 1. The number of nitrogens with zero attached hydrogens (tertiary/aromatic N) is 1. The number of fused-ring (bicyclic) bond motifs is 1. The maximum Gasteiger partial charge on any atom is 0.221 e. The lowest BCUT2D eigenvalue weighted by molar-refractivity contribution is -0.114. The van der Waals surface area contributed by atoms with Gasteiger partial charge >= 0.3 is 0 Å². The molecular weight excluding hydrogens is 320 g/mol. The number of hydrogen-bond donors (Lipinski definition) is 1. The molecular formula is C16H13ClN2O2S. The minimum absolute atomic E-state index is 0.140. The molecule has 3 aromatic rings. The van der Waals surface area contributed by atoms with Gasteiger partial charge in [-0.05, 0) is 30.3 Å². The highest BCUT2D eigenvalue weighted by Gasteiger charge is 2.07. The van der Waals surface area contributed by atoms with Crippen molar-refractivity contribution in [3.05, 3.63) is 52.5 Å². The highest BCUT2D eigenvalue weighted by atomic mass is 35.5. The first-order chi connectivity index (χ1) is 10.6. The van der Waals surface area contributed by atoms with Crippen LogP contribution in [-0.2, 0) is 11.4 Å². The van der Waals surface area contributed by atoms with E-state index in [1.54, 1.807) is 29.5 Å². The Balaban J connectivity index is 1.71. The monoisotopic (exact) mass is 332 g/mol. The van der Waals surface area contributed by atoms with Gasteiger partial charge in [0.1, 0.15) is 17.4 Å². The number of thiazole rings is 1. The third-order valence-electron chi connectivity index (χ3n) is 2.94. The summed E-state index contributed by atoms with van der Waals surface area (Å²) in [6.45, 7) is 1.81. The molecule has 3 rings (SSSR count). The molecule has 0 radical (unpaired) electrons. The summed E-state index contributed by atoms with van der Waals surface area (Å²) in [7, 11) is 0. The summed E-state index contributed by atoms with van der Waals surface area (Å²) in [6, 6.07) is 13.1. The molecule has 1 amide bonds. The number of nitrogens with one attached hydrogen (secondary N) is 1. The second-order valence-electron chi connectivity index (χ2n) is 4.69. The van der Waals surface area contributed by atoms with E-state index in [0.29, 0.717) is 23.1 Å². The summed E-state index contributed by atoms with van der Waals surface area (Å²) in [5.74, 6) is 0.425. The van der Waals surface area contributed by atoms with E-state index in [1.165, 1.54) is 6.92 Å². The molecule has 22 heavy (non-hydrogen) atoms. The number of ether oxygens (including phenoxy) is 1. The molecule has 2 aromatic carbocycles. The van der Waals surface area contributed by atoms with Crippen molar-refractivity contribution in [2.75, 3.05) is 5.32 Å². The van der Waals surface area contributed by atoms with Crippen molar-refractivity contribution in [3.8, 4) is 5.75 Å². The van der Waals surface area contributed by atoms with Crippen molar-refractivity contribution in [1.29, 1.82) is 0 Å². The molecule has 0 spiro atoms. The van der Waals surface area contributed by atoms with Crippen LogP contribution < -0.4 is 10.1 Å². The highest BCUT2D eigenvalue weighted by Crippen LogP contribution is 2.29. The maximum atomic E-state index is 11.0. The van der Waals surface area contributed by atoms with Crippen LogP contribution in [0.25, 0.3) is 10.2 Å². The molecule has 1 aromatic heterocycles. The number of amides is 1. The molecule has 0 atom stereocenters. The average molecular weight is 333 g/mol. The van der Waals surface area contributed by atoms with E-state index < -0.39 is 0 Å².